The highest BCUT2D eigenvalue weighted by atomic mass is 31.2. The maximum absolute atomic E-state index is 11.8. The van der Waals surface area contributed by atoms with Gasteiger partial charge in [-0.2, -0.15) is 0 Å². The van der Waals surface area contributed by atoms with E-state index in [-0.39, 0.29) is 0 Å². The second kappa shape index (κ2) is 9.49. The molecule has 4 N–H and O–H groups in total. The molecule has 0 aliphatic carbocycles. The molecule has 3 rings (SSSR count). The van der Waals surface area contributed by atoms with E-state index in [1.165, 1.54) is 7.11 Å². The average Bonchev–Trinajstić information content (AvgIpc) is 3.07. The molecule has 10 heteroatoms. The smallest absolute Gasteiger partial charge is 0.466 e. The van der Waals surface area contributed by atoms with Crippen molar-refractivity contribution < 1.29 is 33.5 Å². The lowest BCUT2D eigenvalue weighted by Gasteiger charge is -2.04. The van der Waals surface area contributed by atoms with Crippen molar-refractivity contribution in [3.8, 4) is 5.75 Å². The Hall–Kier alpha value is -2.97. The van der Waals surface area contributed by atoms with Crippen molar-refractivity contribution in [3.05, 3.63) is 58.9 Å². The number of ether oxygens (including phenoxy) is 2. The number of benzene rings is 2. The summed E-state index contributed by atoms with van der Waals surface area (Å²) in [5.41, 5.74) is 3.96. The minimum absolute atomic E-state index is 0.395. The van der Waals surface area contributed by atoms with Crippen LogP contribution >= 0.6 is 7.82 Å². The third-order valence-corrected chi connectivity index (χ3v) is 3.79. The molecular weight excluding hydrogens is 399 g/mol. The molecule has 0 unspecified atom stereocenters. The summed E-state index contributed by atoms with van der Waals surface area (Å²) in [7, 11) is -1.62. The Bertz CT molecular complexity index is 1080. The van der Waals surface area contributed by atoms with Gasteiger partial charge in [0.1, 0.15) is 17.1 Å². The summed E-state index contributed by atoms with van der Waals surface area (Å²) in [4.78, 5) is 41.0. The van der Waals surface area contributed by atoms with Crippen molar-refractivity contribution in [2.24, 2.45) is 0 Å². The van der Waals surface area contributed by atoms with Gasteiger partial charge in [-0.3, -0.25) is 0 Å². The van der Waals surface area contributed by atoms with Crippen LogP contribution in [0.15, 0.2) is 36.4 Å². The zero-order valence-corrected chi connectivity index (χ0v) is 16.9. The fourth-order valence-electron chi connectivity index (χ4n) is 2.59. The second-order valence-electron chi connectivity index (χ2n) is 5.89. The Morgan fingerprint density at radius 3 is 2.41 bits per heavy atom. The minimum Gasteiger partial charge on any atom is -0.496 e. The number of phosphoric acid groups is 1. The number of aromatic nitrogens is 2. The average molecular weight is 420 g/mol. The van der Waals surface area contributed by atoms with E-state index in [0.717, 1.165) is 22.4 Å². The van der Waals surface area contributed by atoms with Crippen LogP contribution in [0.3, 0.4) is 0 Å². The van der Waals surface area contributed by atoms with Gasteiger partial charge in [-0.15, -0.1) is 0 Å². The molecule has 0 saturated carbocycles. The zero-order chi connectivity index (χ0) is 21.6. The largest absolute Gasteiger partial charge is 0.496 e. The van der Waals surface area contributed by atoms with Crippen molar-refractivity contribution in [1.82, 2.24) is 9.97 Å². The van der Waals surface area contributed by atoms with Crippen LogP contribution in [0.2, 0.25) is 0 Å². The Morgan fingerprint density at radius 2 is 1.83 bits per heavy atom. The topological polar surface area (TPSA) is 142 Å². The van der Waals surface area contributed by atoms with Gasteiger partial charge in [0.15, 0.2) is 0 Å². The van der Waals surface area contributed by atoms with Gasteiger partial charge < -0.3 is 29.1 Å². The Morgan fingerprint density at radius 1 is 1.14 bits per heavy atom. The van der Waals surface area contributed by atoms with E-state index in [0.29, 0.717) is 16.9 Å². The molecule has 1 aromatic heterocycles. The lowest BCUT2D eigenvalue weighted by atomic mass is 10.1. The van der Waals surface area contributed by atoms with E-state index in [2.05, 4.69) is 9.97 Å². The molecule has 29 heavy (non-hydrogen) atoms. The molecule has 1 heterocycles. The summed E-state index contributed by atoms with van der Waals surface area (Å²) in [6.45, 7) is 2.00. The first-order valence-electron chi connectivity index (χ1n) is 8.30. The van der Waals surface area contributed by atoms with Gasteiger partial charge in [-0.05, 0) is 48.4 Å². The molecule has 3 aromatic rings. The fraction of sp³-hybridized carbons (Fsp3) is 0.158. The van der Waals surface area contributed by atoms with Gasteiger partial charge in [0.05, 0.1) is 25.3 Å². The molecule has 2 aromatic carbocycles. The minimum atomic E-state index is -4.64. The van der Waals surface area contributed by atoms with Crippen LogP contribution in [0.1, 0.15) is 27.3 Å². The van der Waals surface area contributed by atoms with Crippen LogP contribution in [0.5, 0.6) is 5.75 Å². The van der Waals surface area contributed by atoms with Crippen LogP contribution in [-0.2, 0) is 9.30 Å². The molecule has 0 radical (unpaired) electrons. The summed E-state index contributed by atoms with van der Waals surface area (Å²) >= 11 is 0. The van der Waals surface area contributed by atoms with E-state index < -0.39 is 13.8 Å². The highest BCUT2D eigenvalue weighted by Crippen LogP contribution is 2.26. The van der Waals surface area contributed by atoms with Gasteiger partial charge in [0.25, 0.3) is 0 Å². The molecule has 0 saturated heterocycles. The number of aryl methyl sites for hydroxylation is 1. The highest BCUT2D eigenvalue weighted by Gasteiger charge is 2.13. The summed E-state index contributed by atoms with van der Waals surface area (Å²) in [5, 5.41) is 0. The summed E-state index contributed by atoms with van der Waals surface area (Å²) < 4.78 is 18.9. The second-order valence-corrected chi connectivity index (χ2v) is 6.92. The van der Waals surface area contributed by atoms with Crippen LogP contribution in [0.25, 0.3) is 23.2 Å². The zero-order valence-electron chi connectivity index (χ0n) is 16.0. The highest BCUT2D eigenvalue weighted by molar-refractivity contribution is 7.45. The van der Waals surface area contributed by atoms with Crippen LogP contribution in [0, 0.1) is 6.92 Å². The lowest BCUT2D eigenvalue weighted by molar-refractivity contribution is 0.0602. The molecule has 0 aliphatic heterocycles. The molecule has 0 spiro atoms. The van der Waals surface area contributed by atoms with Crippen LogP contribution in [0.4, 0.5) is 0 Å². The number of carbonyl (C=O) groups excluding carboxylic acids is 1. The number of hydrogen-bond donors (Lipinski definition) is 4. The number of esters is 1. The number of methoxy groups -OCH3 is 2. The number of H-pyrrole nitrogens is 1. The molecule has 154 valence electrons. The van der Waals surface area contributed by atoms with Gasteiger partial charge >= 0.3 is 13.8 Å². The van der Waals surface area contributed by atoms with E-state index >= 15 is 0 Å². The van der Waals surface area contributed by atoms with Gasteiger partial charge in [-0.25, -0.2) is 14.3 Å². The first-order chi connectivity index (χ1) is 13.6. The van der Waals surface area contributed by atoms with Crippen LogP contribution in [-0.4, -0.2) is 44.8 Å². The predicted octanol–water partition coefficient (Wildman–Crippen LogP) is 2.91. The molecular formula is C19H21N2O7P. The normalized spacial score (nSPS) is 11.2. The Kier molecular flexibility index (Phi) is 7.30. The maximum Gasteiger partial charge on any atom is 0.466 e. The molecule has 0 amide bonds. The Labute approximate surface area is 166 Å². The quantitative estimate of drug-likeness (QED) is 0.373. The van der Waals surface area contributed by atoms with Crippen LogP contribution < -0.4 is 4.74 Å². The Balaban J connectivity index is 0.000000537. The molecule has 0 fully saturated rings. The molecule has 0 aliphatic rings. The first kappa shape index (κ1) is 22.3. The van der Waals surface area contributed by atoms with E-state index in [1.54, 1.807) is 19.2 Å². The number of rotatable bonds is 4. The maximum atomic E-state index is 11.8. The monoisotopic (exact) mass is 420 g/mol. The van der Waals surface area contributed by atoms with Crippen molar-refractivity contribution >= 4 is 37.0 Å². The third kappa shape index (κ3) is 6.55. The SMILES string of the molecule is COC(=O)c1cccc2[nH]c(/C=C/c3ccc(OC)c(C)c3)nc12.O=P(O)(O)O. The van der Waals surface area contributed by atoms with Crippen molar-refractivity contribution in [3.63, 3.8) is 0 Å². The number of imidazole rings is 1. The number of fused-ring (bicyclic) bond motifs is 1. The van der Waals surface area contributed by atoms with E-state index in [1.807, 2.05) is 43.3 Å². The van der Waals surface area contributed by atoms with Gasteiger partial charge in [0.2, 0.25) is 0 Å². The standard InChI is InChI=1S/C19H18N2O3.H3O4P/c1-12-11-13(7-9-16(12)23-2)8-10-17-20-15-6-4-5-14(18(15)21-17)19(22)24-3;1-5(2,3)4/h4-11H,1-3H3,(H,20,21);(H3,1,2,3,4)/b10-8+;. The molecule has 9 nitrogen and oxygen atoms in total. The molecule has 0 bridgehead atoms. The number of carbonyl (C=O) groups is 1. The fourth-order valence-corrected chi connectivity index (χ4v) is 2.59. The summed E-state index contributed by atoms with van der Waals surface area (Å²) in [6, 6.07) is 11.3. The summed E-state index contributed by atoms with van der Waals surface area (Å²) in [5.74, 6) is 1.14. The number of hydrogen-bond acceptors (Lipinski definition) is 5. The predicted molar refractivity (Wildman–Crippen MR) is 108 cm³/mol. The first-order valence-corrected chi connectivity index (χ1v) is 9.87. The van der Waals surface area contributed by atoms with Gasteiger partial charge in [-0.1, -0.05) is 18.2 Å². The number of nitrogens with one attached hydrogen (secondary N) is 1. The lowest BCUT2D eigenvalue weighted by Crippen LogP contribution is -2.01. The van der Waals surface area contributed by atoms with Gasteiger partial charge in [0, 0.05) is 0 Å². The van der Waals surface area contributed by atoms with E-state index in [4.69, 9.17) is 28.7 Å². The van der Waals surface area contributed by atoms with Crippen molar-refractivity contribution in [1.29, 1.82) is 0 Å². The summed E-state index contributed by atoms with van der Waals surface area (Å²) in [6.07, 6.45) is 3.84. The number of aromatic amines is 1. The third-order valence-electron chi connectivity index (χ3n) is 3.79. The van der Waals surface area contributed by atoms with Crippen molar-refractivity contribution in [2.75, 3.05) is 14.2 Å². The number of nitrogens with zero attached hydrogens (tertiary/aromatic N) is 1. The van der Waals surface area contributed by atoms with Crippen molar-refractivity contribution in [2.45, 2.75) is 6.92 Å². The van der Waals surface area contributed by atoms with E-state index in [9.17, 15) is 4.79 Å². The number of para-hydroxylation sites is 1. The molecule has 0 atom stereocenters.